The second kappa shape index (κ2) is 8.70. The highest BCUT2D eigenvalue weighted by atomic mass is 16.4. The fraction of sp³-hybridized carbons (Fsp3) is 0.429. The molecule has 0 aliphatic carbocycles. The third-order valence-electron chi connectivity index (χ3n) is 5.11. The van der Waals surface area contributed by atoms with Crippen molar-refractivity contribution in [2.24, 2.45) is 5.92 Å². The van der Waals surface area contributed by atoms with Gasteiger partial charge in [-0.05, 0) is 49.3 Å². The van der Waals surface area contributed by atoms with Crippen LogP contribution in [0.5, 0.6) is 0 Å². The average molecular weight is 354 g/mol. The van der Waals surface area contributed by atoms with Crippen molar-refractivity contribution in [1.29, 1.82) is 0 Å². The topological polar surface area (TPSA) is 62.5 Å². The summed E-state index contributed by atoms with van der Waals surface area (Å²) in [4.78, 5) is 25.7. The number of amides is 1. The van der Waals surface area contributed by atoms with Gasteiger partial charge in [0.05, 0.1) is 0 Å². The molecule has 0 spiro atoms. The van der Waals surface area contributed by atoms with Gasteiger partial charge in [0.2, 0.25) is 0 Å². The molecule has 138 valence electrons. The Morgan fingerprint density at radius 2 is 1.92 bits per heavy atom. The number of carbonyl (C=O) groups excluding carboxylic acids is 1. The molecule has 1 aromatic carbocycles. The maximum absolute atomic E-state index is 13.0. The molecule has 0 bridgehead atoms. The molecule has 5 nitrogen and oxygen atoms in total. The molecule has 1 fully saturated rings. The van der Waals surface area contributed by atoms with Gasteiger partial charge in [-0.1, -0.05) is 30.3 Å². The van der Waals surface area contributed by atoms with Crippen LogP contribution in [0.15, 0.2) is 48.7 Å². The molecule has 1 unspecified atom stereocenters. The van der Waals surface area contributed by atoms with Crippen LogP contribution in [0, 0.1) is 5.92 Å². The molecule has 1 N–H and O–H groups in total. The Morgan fingerprint density at radius 3 is 2.69 bits per heavy atom. The number of piperidine rings is 1. The summed E-state index contributed by atoms with van der Waals surface area (Å²) < 4.78 is 2.02. The Morgan fingerprint density at radius 1 is 1.12 bits per heavy atom. The van der Waals surface area contributed by atoms with Crippen molar-refractivity contribution in [3.63, 3.8) is 0 Å². The van der Waals surface area contributed by atoms with E-state index in [-0.39, 0.29) is 18.2 Å². The van der Waals surface area contributed by atoms with Crippen LogP contribution in [-0.2, 0) is 17.8 Å². The SMILES string of the molecule is O=C(O)CCC1CCCN(C(=O)c2cccn2CCc2ccccc2)C1. The van der Waals surface area contributed by atoms with E-state index in [0.717, 1.165) is 38.0 Å². The fourth-order valence-electron chi connectivity index (χ4n) is 3.67. The summed E-state index contributed by atoms with van der Waals surface area (Å²) >= 11 is 0. The van der Waals surface area contributed by atoms with Gasteiger partial charge in [0.1, 0.15) is 5.69 Å². The molecule has 1 aliphatic heterocycles. The molecule has 1 aromatic heterocycles. The summed E-state index contributed by atoms with van der Waals surface area (Å²) in [6, 6.07) is 14.1. The number of nitrogens with zero attached hydrogens (tertiary/aromatic N) is 2. The molecule has 26 heavy (non-hydrogen) atoms. The molecule has 0 saturated carbocycles. The van der Waals surface area contributed by atoms with Crippen LogP contribution in [0.2, 0.25) is 0 Å². The number of hydrogen-bond donors (Lipinski definition) is 1. The van der Waals surface area contributed by atoms with Crippen molar-refractivity contribution in [2.75, 3.05) is 13.1 Å². The number of likely N-dealkylation sites (tertiary alicyclic amines) is 1. The number of carboxylic acid groups (broad SMARTS) is 1. The van der Waals surface area contributed by atoms with E-state index in [2.05, 4.69) is 12.1 Å². The average Bonchev–Trinajstić information content (AvgIpc) is 3.14. The van der Waals surface area contributed by atoms with Crippen LogP contribution in [0.25, 0.3) is 0 Å². The number of carboxylic acids is 1. The van der Waals surface area contributed by atoms with E-state index in [4.69, 9.17) is 5.11 Å². The molecular formula is C21H26N2O3. The molecule has 0 radical (unpaired) electrons. The van der Waals surface area contributed by atoms with Crippen LogP contribution >= 0.6 is 0 Å². The van der Waals surface area contributed by atoms with Crippen LogP contribution in [0.4, 0.5) is 0 Å². The second-order valence-electron chi connectivity index (χ2n) is 7.01. The van der Waals surface area contributed by atoms with Crippen LogP contribution in [-0.4, -0.2) is 39.5 Å². The van der Waals surface area contributed by atoms with Gasteiger partial charge in [-0.25, -0.2) is 0 Å². The number of aryl methyl sites for hydroxylation is 2. The lowest BCUT2D eigenvalue weighted by atomic mass is 9.93. The Bertz CT molecular complexity index is 739. The number of aliphatic carboxylic acids is 1. The quantitative estimate of drug-likeness (QED) is 0.828. The van der Waals surface area contributed by atoms with Gasteiger partial charge in [-0.3, -0.25) is 9.59 Å². The predicted octanol–water partition coefficient (Wildman–Crippen LogP) is 3.45. The minimum atomic E-state index is -0.761. The lowest BCUT2D eigenvalue weighted by Crippen LogP contribution is -2.40. The van der Waals surface area contributed by atoms with E-state index in [1.807, 2.05) is 46.0 Å². The highest BCUT2D eigenvalue weighted by Crippen LogP contribution is 2.22. The molecule has 3 rings (SSSR count). The highest BCUT2D eigenvalue weighted by Gasteiger charge is 2.26. The van der Waals surface area contributed by atoms with Gasteiger partial charge in [-0.15, -0.1) is 0 Å². The van der Waals surface area contributed by atoms with Gasteiger partial charge in [0, 0.05) is 32.3 Å². The van der Waals surface area contributed by atoms with Crippen molar-refractivity contribution >= 4 is 11.9 Å². The molecular weight excluding hydrogens is 328 g/mol. The summed E-state index contributed by atoms with van der Waals surface area (Å²) in [5, 5.41) is 8.87. The summed E-state index contributed by atoms with van der Waals surface area (Å²) in [6.45, 7) is 2.19. The lowest BCUT2D eigenvalue weighted by molar-refractivity contribution is -0.137. The zero-order valence-corrected chi connectivity index (χ0v) is 15.0. The molecule has 2 heterocycles. The van der Waals surface area contributed by atoms with Crippen molar-refractivity contribution in [3.8, 4) is 0 Å². The first kappa shape index (κ1) is 18.2. The van der Waals surface area contributed by atoms with Crippen molar-refractivity contribution in [3.05, 3.63) is 59.9 Å². The van der Waals surface area contributed by atoms with Gasteiger partial charge in [-0.2, -0.15) is 0 Å². The third-order valence-corrected chi connectivity index (χ3v) is 5.11. The molecule has 1 saturated heterocycles. The predicted molar refractivity (Wildman–Crippen MR) is 100 cm³/mol. The first-order chi connectivity index (χ1) is 12.6. The van der Waals surface area contributed by atoms with E-state index in [1.165, 1.54) is 5.56 Å². The Hall–Kier alpha value is -2.56. The van der Waals surface area contributed by atoms with E-state index >= 15 is 0 Å². The monoisotopic (exact) mass is 354 g/mol. The van der Waals surface area contributed by atoms with Crippen molar-refractivity contribution < 1.29 is 14.7 Å². The summed E-state index contributed by atoms with van der Waals surface area (Å²) in [5.74, 6) is -0.414. The first-order valence-corrected chi connectivity index (χ1v) is 9.33. The minimum absolute atomic E-state index is 0.0584. The smallest absolute Gasteiger partial charge is 0.303 e. The van der Waals surface area contributed by atoms with Crippen LogP contribution in [0.1, 0.15) is 41.7 Å². The van der Waals surface area contributed by atoms with Crippen LogP contribution < -0.4 is 0 Å². The number of aromatic nitrogens is 1. The lowest BCUT2D eigenvalue weighted by Gasteiger charge is -2.32. The Labute approximate surface area is 154 Å². The molecule has 1 amide bonds. The minimum Gasteiger partial charge on any atom is -0.481 e. The standard InChI is InChI=1S/C21H26N2O3/c24-20(25)11-10-18-8-4-14-23(16-18)21(26)19-9-5-13-22(19)15-12-17-6-2-1-3-7-17/h1-3,5-7,9,13,18H,4,8,10-12,14-16H2,(H,24,25). The summed E-state index contributed by atoms with van der Waals surface area (Å²) in [7, 11) is 0. The van der Waals surface area contributed by atoms with E-state index < -0.39 is 5.97 Å². The largest absolute Gasteiger partial charge is 0.481 e. The van der Waals surface area contributed by atoms with Gasteiger partial charge in [0.15, 0.2) is 0 Å². The normalized spacial score (nSPS) is 17.2. The van der Waals surface area contributed by atoms with E-state index in [1.54, 1.807) is 0 Å². The van der Waals surface area contributed by atoms with Gasteiger partial charge < -0.3 is 14.6 Å². The fourth-order valence-corrected chi connectivity index (χ4v) is 3.67. The van der Waals surface area contributed by atoms with Gasteiger partial charge in [0.25, 0.3) is 5.91 Å². The summed E-state index contributed by atoms with van der Waals surface area (Å²) in [5.41, 5.74) is 1.98. The first-order valence-electron chi connectivity index (χ1n) is 9.33. The van der Waals surface area contributed by atoms with Crippen molar-refractivity contribution in [1.82, 2.24) is 9.47 Å². The Balaban J connectivity index is 1.61. The molecule has 1 atom stereocenters. The zero-order valence-electron chi connectivity index (χ0n) is 15.0. The number of benzene rings is 1. The van der Waals surface area contributed by atoms with E-state index in [0.29, 0.717) is 13.0 Å². The zero-order chi connectivity index (χ0) is 18.4. The second-order valence-corrected chi connectivity index (χ2v) is 7.01. The summed E-state index contributed by atoms with van der Waals surface area (Å²) in [6.07, 6.45) is 5.63. The van der Waals surface area contributed by atoms with Gasteiger partial charge >= 0.3 is 5.97 Å². The number of hydrogen-bond acceptors (Lipinski definition) is 2. The maximum Gasteiger partial charge on any atom is 0.303 e. The third kappa shape index (κ3) is 4.75. The Kier molecular flexibility index (Phi) is 6.10. The van der Waals surface area contributed by atoms with Crippen molar-refractivity contribution in [2.45, 2.75) is 38.6 Å². The van der Waals surface area contributed by atoms with Crippen LogP contribution in [0.3, 0.4) is 0 Å². The molecule has 2 aromatic rings. The maximum atomic E-state index is 13.0. The number of rotatable bonds is 7. The molecule has 5 heteroatoms. The number of carbonyl (C=O) groups is 2. The van der Waals surface area contributed by atoms with E-state index in [9.17, 15) is 9.59 Å². The molecule has 1 aliphatic rings. The highest BCUT2D eigenvalue weighted by molar-refractivity contribution is 5.92.